The second kappa shape index (κ2) is 10.9. The minimum atomic E-state index is -2.27. The van der Waals surface area contributed by atoms with Gasteiger partial charge in [0.15, 0.2) is 0 Å². The zero-order valence-electron chi connectivity index (χ0n) is 14.7. The molecular weight excluding hydrogens is 1070 g/mol. The molecule has 152 valence electrons. The fourth-order valence-corrected chi connectivity index (χ4v) is 16.9. The van der Waals surface area contributed by atoms with Crippen molar-refractivity contribution in [2.24, 2.45) is 0 Å². The lowest BCUT2D eigenvalue weighted by Gasteiger charge is -2.42. The summed E-state index contributed by atoms with van der Waals surface area (Å²) in [5.41, 5.74) is 0. The summed E-state index contributed by atoms with van der Waals surface area (Å²) >= 11 is 14.2. The maximum atomic E-state index is 12.5. The van der Waals surface area contributed by atoms with Crippen molar-refractivity contribution in [3.63, 3.8) is 0 Å². The molecule has 0 aliphatic carbocycles. The van der Waals surface area contributed by atoms with Crippen molar-refractivity contribution in [1.29, 1.82) is 0 Å². The van der Waals surface area contributed by atoms with Gasteiger partial charge in [-0.2, -0.15) is 0 Å². The molecule has 0 bridgehead atoms. The molecule has 0 aliphatic rings. The van der Waals surface area contributed by atoms with Crippen molar-refractivity contribution in [2.75, 3.05) is 0 Å². The molecule has 0 fully saturated rings. The van der Waals surface area contributed by atoms with E-state index in [1.807, 2.05) is 18.2 Å². The van der Waals surface area contributed by atoms with E-state index in [9.17, 15) is 4.79 Å². The first-order chi connectivity index (χ1) is 13.7. The summed E-state index contributed by atoms with van der Waals surface area (Å²) in [6.07, 6.45) is 0. The minimum Gasteiger partial charge on any atom is -0.402 e. The average Bonchev–Trinajstić information content (AvgIpc) is 2.59. The van der Waals surface area contributed by atoms with Gasteiger partial charge in [-0.3, -0.25) is 4.79 Å². The van der Waals surface area contributed by atoms with Crippen LogP contribution in [0.5, 0.6) is 0 Å². The van der Waals surface area contributed by atoms with Crippen LogP contribution in [0, 0.1) is 21.4 Å². The third-order valence-corrected chi connectivity index (χ3v) is 13.4. The van der Waals surface area contributed by atoms with Gasteiger partial charge in [-0.05, 0) is 182 Å². The maximum Gasteiger partial charge on any atom is 0.313 e. The van der Waals surface area contributed by atoms with Gasteiger partial charge < -0.3 is 4.18 Å². The Morgan fingerprint density at radius 3 is 1.45 bits per heavy atom. The highest BCUT2D eigenvalue weighted by Crippen LogP contribution is 2.72. The number of benzene rings is 3. The lowest BCUT2D eigenvalue weighted by atomic mass is 10.4. The van der Waals surface area contributed by atoms with Crippen molar-refractivity contribution >= 4 is 152 Å². The average molecular weight is 1080 g/mol. The Labute approximate surface area is 253 Å². The van der Waals surface area contributed by atoms with Crippen molar-refractivity contribution in [3.8, 4) is 0 Å². The molecule has 0 amide bonds. The Morgan fingerprint density at radius 1 is 0.724 bits per heavy atom. The van der Waals surface area contributed by atoms with E-state index in [0.29, 0.717) is 0 Å². The fraction of sp³-hybridized carbons (Fsp3) is 0.0500. The van der Waals surface area contributed by atoms with Gasteiger partial charge >= 0.3 is 5.97 Å². The van der Waals surface area contributed by atoms with Crippen LogP contribution in [0.2, 0.25) is 0 Å². The monoisotopic (exact) mass is 1080 g/mol. The molecule has 3 rings (SSSR count). The highest BCUT2D eigenvalue weighted by atomic mass is 127. The lowest BCUT2D eigenvalue weighted by molar-refractivity contribution is -0.131. The van der Waals surface area contributed by atoms with Crippen LogP contribution in [-0.4, -0.2) is 5.97 Å². The Balaban J connectivity index is 2.56. The van der Waals surface area contributed by atoms with Crippen molar-refractivity contribution in [2.45, 2.75) is 21.6 Å². The second-order valence-electron chi connectivity index (χ2n) is 5.84. The molecule has 0 saturated heterocycles. The molecule has 0 atom stereocenters. The molecule has 29 heavy (non-hydrogen) atoms. The highest BCUT2D eigenvalue weighted by Gasteiger charge is 2.41. The van der Waals surface area contributed by atoms with E-state index in [-0.39, 0.29) is 5.97 Å². The topological polar surface area (TPSA) is 26.3 Å². The van der Waals surface area contributed by atoms with Crippen LogP contribution in [0.25, 0.3) is 0 Å². The standard InChI is InChI=1S/C20H12I6O2S/c1-11(27)28-29(14-5-3-2-4-6-14,19-15(23)7-12(21)8-16(19)24)20-17(25)9-13(22)10-18(20)26/h2-10H,1H3. The molecule has 0 saturated carbocycles. The first-order valence-electron chi connectivity index (χ1n) is 8.04. The SMILES string of the molecule is CC(=O)OS(c1ccccc1)(c1c(I)cc(I)cc1I)c1c(I)cc(I)cc1I. The van der Waals surface area contributed by atoms with Gasteiger partial charge in [0.25, 0.3) is 0 Å². The summed E-state index contributed by atoms with van der Waals surface area (Å²) < 4.78 is 13.2. The van der Waals surface area contributed by atoms with Gasteiger partial charge in [-0.15, -0.1) is 0 Å². The van der Waals surface area contributed by atoms with Crippen LogP contribution in [0.3, 0.4) is 0 Å². The summed E-state index contributed by atoms with van der Waals surface area (Å²) in [5, 5.41) is 0. The Bertz CT molecular complexity index is 984. The van der Waals surface area contributed by atoms with Gasteiger partial charge in [0.1, 0.15) is 0 Å². The van der Waals surface area contributed by atoms with Crippen LogP contribution in [0.15, 0.2) is 69.3 Å². The van der Waals surface area contributed by atoms with E-state index < -0.39 is 10.3 Å². The number of halogens is 6. The van der Waals surface area contributed by atoms with Crippen molar-refractivity contribution < 1.29 is 8.98 Å². The number of carbonyl (C=O) groups excluding carboxylic acids is 1. The van der Waals surface area contributed by atoms with Crippen LogP contribution in [0.4, 0.5) is 0 Å². The van der Waals surface area contributed by atoms with E-state index >= 15 is 0 Å². The Kier molecular flexibility index (Phi) is 9.54. The molecule has 0 N–H and O–H groups in total. The van der Waals surface area contributed by atoms with Crippen LogP contribution in [0.1, 0.15) is 6.92 Å². The third-order valence-electron chi connectivity index (χ3n) is 3.82. The van der Waals surface area contributed by atoms with Crippen LogP contribution >= 0.6 is 146 Å². The van der Waals surface area contributed by atoms with E-state index in [4.69, 9.17) is 4.18 Å². The number of carbonyl (C=O) groups is 1. The molecule has 0 heterocycles. The summed E-state index contributed by atoms with van der Waals surface area (Å²) in [5.74, 6) is -0.279. The molecule has 3 aromatic rings. The maximum absolute atomic E-state index is 12.5. The summed E-state index contributed by atoms with van der Waals surface area (Å²) in [4.78, 5) is 15.7. The lowest BCUT2D eigenvalue weighted by Crippen LogP contribution is -2.16. The Morgan fingerprint density at radius 2 is 1.10 bits per heavy atom. The highest BCUT2D eigenvalue weighted by molar-refractivity contribution is 14.1. The number of rotatable bonds is 4. The van der Waals surface area contributed by atoms with Crippen LogP contribution in [-0.2, 0) is 8.98 Å². The molecule has 0 aromatic heterocycles. The quantitative estimate of drug-likeness (QED) is 0.244. The van der Waals surface area contributed by atoms with E-state index in [1.165, 1.54) is 6.92 Å². The zero-order valence-corrected chi connectivity index (χ0v) is 28.5. The molecule has 0 radical (unpaired) electrons. The zero-order chi connectivity index (χ0) is 21.3. The minimum absolute atomic E-state index is 0.279. The first-order valence-corrected chi connectivity index (χ1v) is 16.1. The van der Waals surface area contributed by atoms with Crippen molar-refractivity contribution in [3.05, 3.63) is 76.0 Å². The predicted molar refractivity (Wildman–Crippen MR) is 170 cm³/mol. The van der Waals surface area contributed by atoms with Gasteiger partial charge in [0.05, 0.1) is 9.79 Å². The van der Waals surface area contributed by atoms with E-state index in [0.717, 1.165) is 36.1 Å². The van der Waals surface area contributed by atoms with E-state index in [2.05, 4.69) is 172 Å². The molecule has 3 aromatic carbocycles. The number of hydrogen-bond acceptors (Lipinski definition) is 2. The van der Waals surface area contributed by atoms with Crippen molar-refractivity contribution in [1.82, 2.24) is 0 Å². The molecule has 0 spiro atoms. The summed E-state index contributed by atoms with van der Waals surface area (Å²) in [6, 6.07) is 18.8. The molecule has 0 aliphatic heterocycles. The third kappa shape index (κ3) is 5.51. The van der Waals surface area contributed by atoms with Gasteiger partial charge in [-0.1, -0.05) is 18.2 Å². The summed E-state index contributed by atoms with van der Waals surface area (Å²) in [6.45, 7) is 1.50. The Hall–Kier alpha value is 1.86. The normalized spacial score (nSPS) is 12.0. The van der Waals surface area contributed by atoms with Gasteiger partial charge in [0, 0.05) is 33.2 Å². The first kappa shape index (κ1) is 25.5. The van der Waals surface area contributed by atoms with Gasteiger partial charge in [-0.25, -0.2) is 0 Å². The summed E-state index contributed by atoms with van der Waals surface area (Å²) in [7, 11) is -2.27. The van der Waals surface area contributed by atoms with E-state index in [1.54, 1.807) is 0 Å². The molecule has 2 nitrogen and oxygen atoms in total. The van der Waals surface area contributed by atoms with Gasteiger partial charge in [0.2, 0.25) is 0 Å². The largest absolute Gasteiger partial charge is 0.402 e. The molecule has 0 unspecified atom stereocenters. The molecular formula is C20H12I6O2S. The fourth-order valence-electron chi connectivity index (χ4n) is 2.86. The predicted octanol–water partition coefficient (Wildman–Crippen LogP) is 9.07. The van der Waals surface area contributed by atoms with Crippen LogP contribution < -0.4 is 0 Å². The smallest absolute Gasteiger partial charge is 0.313 e. The second-order valence-corrected chi connectivity index (χ2v) is 15.5. The number of hydrogen-bond donors (Lipinski definition) is 0. The molecule has 9 heteroatoms.